The van der Waals surface area contributed by atoms with Crippen LogP contribution in [0.5, 0.6) is 0 Å². The number of nitrogens with zero attached hydrogens (tertiary/aromatic N) is 1. The van der Waals surface area contributed by atoms with Crippen LogP contribution < -0.4 is 4.72 Å². The van der Waals surface area contributed by atoms with Crippen molar-refractivity contribution in [1.82, 2.24) is 9.71 Å². The van der Waals surface area contributed by atoms with E-state index in [0.717, 1.165) is 5.69 Å². The molecule has 1 aromatic rings. The van der Waals surface area contributed by atoms with E-state index in [4.69, 9.17) is 9.47 Å². The van der Waals surface area contributed by atoms with Gasteiger partial charge >= 0.3 is 0 Å². The largest absolute Gasteiger partial charge is 0.598 e. The first-order chi connectivity index (χ1) is 10.6. The van der Waals surface area contributed by atoms with Gasteiger partial charge in [-0.15, -0.1) is 4.72 Å². The number of hydrogen-bond acceptors (Lipinski definition) is 5. The average molecular weight is 340 g/mol. The van der Waals surface area contributed by atoms with Gasteiger partial charge < -0.3 is 14.0 Å². The van der Waals surface area contributed by atoms with Crippen LogP contribution in [-0.2, 0) is 20.8 Å². The van der Waals surface area contributed by atoms with Gasteiger partial charge in [0.2, 0.25) is 0 Å². The molecule has 130 valence electrons. The van der Waals surface area contributed by atoms with Gasteiger partial charge in [-0.3, -0.25) is 4.98 Å². The molecule has 2 rings (SSSR count). The molecule has 2 heterocycles. The van der Waals surface area contributed by atoms with Crippen LogP contribution in [0.3, 0.4) is 0 Å². The molecule has 6 heteroatoms. The number of rotatable bonds is 5. The molecule has 1 aliphatic heterocycles. The summed E-state index contributed by atoms with van der Waals surface area (Å²) in [5.74, 6) is -0.567. The number of nitrogens with one attached hydrogen (secondary N) is 1. The molecule has 23 heavy (non-hydrogen) atoms. The molecule has 1 saturated heterocycles. The van der Waals surface area contributed by atoms with Crippen molar-refractivity contribution in [1.29, 1.82) is 0 Å². The summed E-state index contributed by atoms with van der Waals surface area (Å²) in [6, 6.07) is 5.70. The summed E-state index contributed by atoms with van der Waals surface area (Å²) in [4.78, 5) is 4.44. The lowest BCUT2D eigenvalue weighted by Crippen LogP contribution is -2.52. The summed E-state index contributed by atoms with van der Waals surface area (Å²) < 4.78 is 27.2. The maximum Gasteiger partial charge on any atom is 0.163 e. The van der Waals surface area contributed by atoms with Crippen LogP contribution in [0.25, 0.3) is 0 Å². The van der Waals surface area contributed by atoms with Crippen molar-refractivity contribution >= 4 is 11.4 Å². The molecule has 1 unspecified atom stereocenters. The zero-order chi connectivity index (χ0) is 17.3. The minimum atomic E-state index is -1.20. The van der Waals surface area contributed by atoms with E-state index in [1.165, 1.54) is 0 Å². The molecule has 0 aliphatic carbocycles. The normalized spacial score (nSPS) is 25.1. The summed E-state index contributed by atoms with van der Waals surface area (Å²) in [7, 11) is 0. The Hall–Kier alpha value is -0.660. The molecule has 0 aromatic carbocycles. The van der Waals surface area contributed by atoms with Crippen LogP contribution in [0.4, 0.5) is 0 Å². The third kappa shape index (κ3) is 4.90. The van der Waals surface area contributed by atoms with Crippen molar-refractivity contribution < 1.29 is 14.0 Å². The Balaban J connectivity index is 2.21. The number of hydrogen-bond donors (Lipinski definition) is 1. The second kappa shape index (κ2) is 7.07. The minimum absolute atomic E-state index is 0.0463. The predicted molar refractivity (Wildman–Crippen MR) is 92.4 cm³/mol. The molecular weight excluding hydrogens is 312 g/mol. The van der Waals surface area contributed by atoms with E-state index in [9.17, 15) is 4.55 Å². The molecular formula is C17H28N2O3S. The summed E-state index contributed by atoms with van der Waals surface area (Å²) in [6.07, 6.45) is 1.60. The number of ether oxygens (including phenoxy) is 2. The van der Waals surface area contributed by atoms with E-state index in [1.807, 2.05) is 52.8 Å². The molecule has 4 atom stereocenters. The quantitative estimate of drug-likeness (QED) is 0.835. The van der Waals surface area contributed by atoms with E-state index in [2.05, 4.69) is 16.6 Å². The van der Waals surface area contributed by atoms with Gasteiger partial charge in [-0.2, -0.15) is 0 Å². The molecule has 1 aliphatic rings. The Labute approximate surface area is 142 Å². The molecule has 0 spiro atoms. The third-order valence-corrected chi connectivity index (χ3v) is 5.52. The fourth-order valence-corrected chi connectivity index (χ4v) is 3.48. The van der Waals surface area contributed by atoms with Gasteiger partial charge in [0, 0.05) is 29.2 Å². The maximum atomic E-state index is 12.6. The Morgan fingerprint density at radius 1 is 1.39 bits per heavy atom. The number of aromatic nitrogens is 1. The smallest absolute Gasteiger partial charge is 0.163 e. The van der Waals surface area contributed by atoms with Crippen molar-refractivity contribution in [3.05, 3.63) is 30.1 Å². The van der Waals surface area contributed by atoms with Gasteiger partial charge in [0.15, 0.2) is 5.79 Å². The van der Waals surface area contributed by atoms with E-state index < -0.39 is 17.1 Å². The highest BCUT2D eigenvalue weighted by Crippen LogP contribution is 2.31. The molecule has 0 amide bonds. The molecule has 1 fully saturated rings. The first-order valence-corrected chi connectivity index (χ1v) is 9.16. The lowest BCUT2D eigenvalue weighted by Gasteiger charge is -2.33. The van der Waals surface area contributed by atoms with Crippen LogP contribution in [0, 0.1) is 0 Å². The Kier molecular flexibility index (Phi) is 5.74. The summed E-state index contributed by atoms with van der Waals surface area (Å²) >= 11 is -1.20. The monoisotopic (exact) mass is 340 g/mol. The molecule has 0 bridgehead atoms. The first-order valence-electron chi connectivity index (χ1n) is 8.01. The van der Waals surface area contributed by atoms with E-state index in [-0.39, 0.29) is 22.8 Å². The van der Waals surface area contributed by atoms with Gasteiger partial charge in [0.05, 0.1) is 12.6 Å². The molecule has 0 saturated carbocycles. The van der Waals surface area contributed by atoms with Crippen LogP contribution in [0.2, 0.25) is 0 Å². The summed E-state index contributed by atoms with van der Waals surface area (Å²) in [5.41, 5.74) is 0.948. The van der Waals surface area contributed by atoms with Crippen molar-refractivity contribution in [3.8, 4) is 0 Å². The minimum Gasteiger partial charge on any atom is -0.598 e. The lowest BCUT2D eigenvalue weighted by molar-refractivity contribution is -0.141. The van der Waals surface area contributed by atoms with Gasteiger partial charge in [0.25, 0.3) is 0 Å². The highest BCUT2D eigenvalue weighted by atomic mass is 32.2. The lowest BCUT2D eigenvalue weighted by atomic mass is 9.94. The van der Waals surface area contributed by atoms with Crippen molar-refractivity contribution in [3.63, 3.8) is 0 Å². The highest BCUT2D eigenvalue weighted by molar-refractivity contribution is 7.90. The highest BCUT2D eigenvalue weighted by Gasteiger charge is 2.43. The Morgan fingerprint density at radius 2 is 2.09 bits per heavy atom. The first kappa shape index (κ1) is 18.7. The standard InChI is InChI=1S/C17H28N2O3S/c1-12(13-9-7-8-10-18-13)15(19-23(20)16(2,3)4)14-11-21-17(5,6)22-14/h7-10,12,14-15,19H,11H2,1-6H3/t12?,14-,15-,23-/m1/s1. The molecule has 1 aromatic heterocycles. The third-order valence-electron chi connectivity index (χ3n) is 3.92. The van der Waals surface area contributed by atoms with Gasteiger partial charge in [0.1, 0.15) is 10.9 Å². The molecule has 1 N–H and O–H groups in total. The number of pyridine rings is 1. The van der Waals surface area contributed by atoms with Crippen LogP contribution in [0.1, 0.15) is 53.2 Å². The van der Waals surface area contributed by atoms with Crippen LogP contribution in [-0.4, -0.2) is 38.8 Å². The van der Waals surface area contributed by atoms with Crippen molar-refractivity contribution in [2.75, 3.05) is 6.61 Å². The summed E-state index contributed by atoms with van der Waals surface area (Å²) in [5, 5.41) is 0. The molecule has 0 radical (unpaired) electrons. The van der Waals surface area contributed by atoms with Crippen molar-refractivity contribution in [2.24, 2.45) is 0 Å². The Bertz CT molecular complexity index is 504. The van der Waals surface area contributed by atoms with Gasteiger partial charge in [-0.1, -0.05) is 13.0 Å². The van der Waals surface area contributed by atoms with Gasteiger partial charge in [-0.05, 0) is 46.8 Å². The molecule has 5 nitrogen and oxygen atoms in total. The van der Waals surface area contributed by atoms with Crippen molar-refractivity contribution in [2.45, 2.75) is 70.1 Å². The van der Waals surface area contributed by atoms with Gasteiger partial charge in [-0.25, -0.2) is 0 Å². The zero-order valence-corrected chi connectivity index (χ0v) is 15.6. The predicted octanol–water partition coefficient (Wildman–Crippen LogP) is 2.76. The zero-order valence-electron chi connectivity index (χ0n) is 14.8. The topological polar surface area (TPSA) is 66.4 Å². The second-order valence-corrected chi connectivity index (χ2v) is 9.43. The van der Waals surface area contributed by atoms with Crippen LogP contribution >= 0.6 is 0 Å². The van der Waals surface area contributed by atoms with E-state index in [1.54, 1.807) is 6.20 Å². The maximum absolute atomic E-state index is 12.6. The van der Waals surface area contributed by atoms with E-state index >= 15 is 0 Å². The fraction of sp³-hybridized carbons (Fsp3) is 0.706. The van der Waals surface area contributed by atoms with Crippen LogP contribution in [0.15, 0.2) is 24.4 Å². The average Bonchev–Trinajstić information content (AvgIpc) is 2.83. The summed E-state index contributed by atoms with van der Waals surface area (Å²) in [6.45, 7) is 12.2. The SMILES string of the molecule is CC(c1ccccn1)[C@@H](N[S@+]([O-])C(C)(C)C)[C@H]1COC(C)(C)O1. The fourth-order valence-electron chi connectivity index (χ4n) is 2.52. The Morgan fingerprint density at radius 3 is 2.57 bits per heavy atom. The second-order valence-electron chi connectivity index (χ2n) is 7.44. The van der Waals surface area contributed by atoms with E-state index in [0.29, 0.717) is 6.61 Å².